The maximum Gasteiger partial charge on any atom is 0.173 e. The molecule has 0 aliphatic carbocycles. The molecule has 0 unspecified atom stereocenters. The molecule has 4 rings (SSSR count). The van der Waals surface area contributed by atoms with E-state index in [0.29, 0.717) is 10.8 Å². The van der Waals surface area contributed by atoms with E-state index in [-0.39, 0.29) is 5.82 Å². The molecule has 27 heavy (non-hydrogen) atoms. The van der Waals surface area contributed by atoms with E-state index < -0.39 is 0 Å². The first kappa shape index (κ1) is 17.9. The number of nitrogens with zero attached hydrogens (tertiary/aromatic N) is 2. The first-order chi connectivity index (χ1) is 13.2. The van der Waals surface area contributed by atoms with Crippen LogP contribution in [0.3, 0.4) is 0 Å². The number of hydrogen-bond donors (Lipinski definition) is 1. The summed E-state index contributed by atoms with van der Waals surface area (Å²) in [4.78, 5) is 4.61. The zero-order valence-corrected chi connectivity index (χ0v) is 15.9. The highest BCUT2D eigenvalue weighted by Gasteiger charge is 2.19. The smallest absolute Gasteiger partial charge is 0.173 e. The van der Waals surface area contributed by atoms with E-state index in [0.717, 1.165) is 32.7 Å². The molecule has 0 aromatic heterocycles. The van der Waals surface area contributed by atoms with E-state index >= 15 is 0 Å². The molecule has 3 nitrogen and oxygen atoms in total. The summed E-state index contributed by atoms with van der Waals surface area (Å²) in [5, 5.41) is 6.41. The number of anilines is 1. The predicted octanol–water partition coefficient (Wildman–Crippen LogP) is 4.49. The number of hydrogen-bond acceptors (Lipinski definition) is 2. The SMILES string of the molecule is Fc1cccc(NC(=S)N2CCN(Cc3cccc4ccccc34)CC2)c1. The van der Waals surface area contributed by atoms with Crippen LogP contribution in [0.25, 0.3) is 10.8 Å². The molecule has 1 aliphatic heterocycles. The zero-order valence-electron chi connectivity index (χ0n) is 15.1. The highest BCUT2D eigenvalue weighted by atomic mass is 32.1. The minimum absolute atomic E-state index is 0.261. The van der Waals surface area contributed by atoms with Gasteiger partial charge < -0.3 is 10.2 Å². The van der Waals surface area contributed by atoms with Crippen molar-refractivity contribution in [2.75, 3.05) is 31.5 Å². The molecule has 0 spiro atoms. The van der Waals surface area contributed by atoms with Gasteiger partial charge in [0, 0.05) is 38.4 Å². The van der Waals surface area contributed by atoms with Crippen molar-refractivity contribution in [3.05, 3.63) is 78.1 Å². The lowest BCUT2D eigenvalue weighted by molar-refractivity contribution is 0.177. The van der Waals surface area contributed by atoms with Crippen molar-refractivity contribution in [3.8, 4) is 0 Å². The van der Waals surface area contributed by atoms with Gasteiger partial charge in [0.25, 0.3) is 0 Å². The summed E-state index contributed by atoms with van der Waals surface area (Å²) in [5.74, 6) is -0.261. The Morgan fingerprint density at radius 3 is 2.48 bits per heavy atom. The van der Waals surface area contributed by atoms with Gasteiger partial charge in [-0.1, -0.05) is 48.5 Å². The summed E-state index contributed by atoms with van der Waals surface area (Å²) in [6.07, 6.45) is 0. The molecule has 0 saturated carbocycles. The molecule has 138 valence electrons. The Kier molecular flexibility index (Phi) is 5.32. The molecule has 1 fully saturated rings. The summed E-state index contributed by atoms with van der Waals surface area (Å²) in [5.41, 5.74) is 2.06. The van der Waals surface area contributed by atoms with Gasteiger partial charge in [0.2, 0.25) is 0 Å². The van der Waals surface area contributed by atoms with Crippen LogP contribution in [0.15, 0.2) is 66.7 Å². The van der Waals surface area contributed by atoms with Gasteiger partial charge in [-0.25, -0.2) is 4.39 Å². The Hall–Kier alpha value is -2.50. The fourth-order valence-electron chi connectivity index (χ4n) is 3.55. The van der Waals surface area contributed by atoms with Crippen LogP contribution < -0.4 is 5.32 Å². The predicted molar refractivity (Wildman–Crippen MR) is 113 cm³/mol. The largest absolute Gasteiger partial charge is 0.346 e. The molecule has 1 N–H and O–H groups in total. The van der Waals surface area contributed by atoms with Crippen molar-refractivity contribution in [2.24, 2.45) is 0 Å². The first-order valence-corrected chi connectivity index (χ1v) is 9.60. The Morgan fingerprint density at radius 1 is 0.926 bits per heavy atom. The summed E-state index contributed by atoms with van der Waals surface area (Å²) in [6, 6.07) is 21.4. The second-order valence-electron chi connectivity index (χ2n) is 6.84. The van der Waals surface area contributed by atoms with Crippen LogP contribution in [-0.2, 0) is 6.54 Å². The lowest BCUT2D eigenvalue weighted by atomic mass is 10.0. The second kappa shape index (κ2) is 8.03. The average molecular weight is 380 g/mol. The third kappa shape index (κ3) is 4.26. The molecule has 0 bridgehead atoms. The molecule has 0 atom stereocenters. The molecule has 1 heterocycles. The molecule has 1 saturated heterocycles. The van der Waals surface area contributed by atoms with Crippen molar-refractivity contribution in [3.63, 3.8) is 0 Å². The number of thiocarbonyl (C=S) groups is 1. The minimum atomic E-state index is -0.261. The maximum absolute atomic E-state index is 13.3. The van der Waals surface area contributed by atoms with Gasteiger partial charge in [0.15, 0.2) is 5.11 Å². The Labute approximate surface area is 164 Å². The molecule has 5 heteroatoms. The maximum atomic E-state index is 13.3. The standard InChI is InChI=1S/C22H22FN3S/c23-19-8-4-9-20(15-19)24-22(27)26-13-11-25(12-14-26)16-18-7-3-6-17-5-1-2-10-21(17)18/h1-10,15H,11-14,16H2,(H,24,27). The molecular formula is C22H22FN3S. The third-order valence-electron chi connectivity index (χ3n) is 5.01. The summed E-state index contributed by atoms with van der Waals surface area (Å²) in [7, 11) is 0. The van der Waals surface area contributed by atoms with Crippen molar-refractivity contribution in [1.29, 1.82) is 0 Å². The molecule has 3 aromatic rings. The van der Waals surface area contributed by atoms with E-state index in [1.807, 2.05) is 6.07 Å². The third-order valence-corrected chi connectivity index (χ3v) is 5.37. The van der Waals surface area contributed by atoms with Gasteiger partial charge in [-0.05, 0) is 46.8 Å². The van der Waals surface area contributed by atoms with Crippen molar-refractivity contribution < 1.29 is 4.39 Å². The van der Waals surface area contributed by atoms with Crippen LogP contribution in [0, 0.1) is 5.82 Å². The van der Waals surface area contributed by atoms with E-state index in [1.165, 1.54) is 28.5 Å². The highest BCUT2D eigenvalue weighted by molar-refractivity contribution is 7.80. The van der Waals surface area contributed by atoms with Gasteiger partial charge in [-0.2, -0.15) is 0 Å². The first-order valence-electron chi connectivity index (χ1n) is 9.19. The molecule has 0 amide bonds. The lowest BCUT2D eigenvalue weighted by Gasteiger charge is -2.36. The van der Waals surface area contributed by atoms with Crippen LogP contribution in [0.1, 0.15) is 5.56 Å². The van der Waals surface area contributed by atoms with Crippen LogP contribution in [0.5, 0.6) is 0 Å². The topological polar surface area (TPSA) is 18.5 Å². The Morgan fingerprint density at radius 2 is 1.67 bits per heavy atom. The van der Waals surface area contributed by atoms with E-state index in [2.05, 4.69) is 57.6 Å². The number of rotatable bonds is 3. The van der Waals surface area contributed by atoms with E-state index in [1.54, 1.807) is 6.07 Å². The number of fused-ring (bicyclic) bond motifs is 1. The Bertz CT molecular complexity index is 946. The number of nitrogens with one attached hydrogen (secondary N) is 1. The summed E-state index contributed by atoms with van der Waals surface area (Å²) in [6.45, 7) is 4.58. The van der Waals surface area contributed by atoms with Crippen LogP contribution >= 0.6 is 12.2 Å². The lowest BCUT2D eigenvalue weighted by Crippen LogP contribution is -2.49. The van der Waals surface area contributed by atoms with Crippen LogP contribution in [0.4, 0.5) is 10.1 Å². The van der Waals surface area contributed by atoms with Gasteiger partial charge >= 0.3 is 0 Å². The fourth-order valence-corrected chi connectivity index (χ4v) is 3.85. The highest BCUT2D eigenvalue weighted by Crippen LogP contribution is 2.20. The zero-order chi connectivity index (χ0) is 18.6. The summed E-state index contributed by atoms with van der Waals surface area (Å²) >= 11 is 5.50. The average Bonchev–Trinajstić information content (AvgIpc) is 2.69. The summed E-state index contributed by atoms with van der Waals surface area (Å²) < 4.78 is 13.3. The van der Waals surface area contributed by atoms with Gasteiger partial charge in [0.05, 0.1) is 0 Å². The monoisotopic (exact) mass is 379 g/mol. The number of piperazine rings is 1. The molecular weight excluding hydrogens is 357 g/mol. The Balaban J connectivity index is 1.35. The van der Waals surface area contributed by atoms with Gasteiger partial charge in [0.1, 0.15) is 5.82 Å². The minimum Gasteiger partial charge on any atom is -0.346 e. The van der Waals surface area contributed by atoms with Crippen LogP contribution in [-0.4, -0.2) is 41.1 Å². The number of benzene rings is 3. The quantitative estimate of drug-likeness (QED) is 0.676. The van der Waals surface area contributed by atoms with Crippen molar-refractivity contribution >= 4 is 33.8 Å². The normalized spacial score (nSPS) is 15.1. The van der Waals surface area contributed by atoms with Crippen molar-refractivity contribution in [2.45, 2.75) is 6.54 Å². The molecule has 0 radical (unpaired) electrons. The van der Waals surface area contributed by atoms with E-state index in [9.17, 15) is 4.39 Å². The van der Waals surface area contributed by atoms with Gasteiger partial charge in [-0.15, -0.1) is 0 Å². The van der Waals surface area contributed by atoms with E-state index in [4.69, 9.17) is 12.2 Å². The van der Waals surface area contributed by atoms with Gasteiger partial charge in [-0.3, -0.25) is 4.90 Å². The molecule has 3 aromatic carbocycles. The van der Waals surface area contributed by atoms with Crippen LogP contribution in [0.2, 0.25) is 0 Å². The number of halogens is 1. The second-order valence-corrected chi connectivity index (χ2v) is 7.23. The molecule has 1 aliphatic rings. The van der Waals surface area contributed by atoms with Crippen molar-refractivity contribution in [1.82, 2.24) is 9.80 Å². The fraction of sp³-hybridized carbons (Fsp3) is 0.227.